The van der Waals surface area contributed by atoms with E-state index in [1.54, 1.807) is 26.0 Å². The van der Waals surface area contributed by atoms with Gasteiger partial charge in [0.25, 0.3) is 5.69 Å². The monoisotopic (exact) mass is 290 g/mol. The molecule has 0 radical (unpaired) electrons. The SMILES string of the molecule is Cc1ccc(F)c(OCc2ncc(C)c([N+](=O)[O-])c2C)c1. The molecule has 0 bridgehead atoms. The predicted octanol–water partition coefficient (Wildman–Crippen LogP) is 3.63. The van der Waals surface area contributed by atoms with Crippen LogP contribution in [0.1, 0.15) is 22.4 Å². The van der Waals surface area contributed by atoms with Crippen LogP contribution in [0.3, 0.4) is 0 Å². The largest absolute Gasteiger partial charge is 0.484 e. The van der Waals surface area contributed by atoms with Crippen LogP contribution in [0.5, 0.6) is 5.75 Å². The zero-order chi connectivity index (χ0) is 15.6. The molecule has 6 heteroatoms. The Morgan fingerprint density at radius 3 is 2.71 bits per heavy atom. The number of ether oxygens (including phenoxy) is 1. The van der Waals surface area contributed by atoms with E-state index in [0.717, 1.165) is 5.56 Å². The maximum atomic E-state index is 13.6. The van der Waals surface area contributed by atoms with Crippen molar-refractivity contribution in [1.29, 1.82) is 0 Å². The molecule has 110 valence electrons. The normalized spacial score (nSPS) is 10.5. The summed E-state index contributed by atoms with van der Waals surface area (Å²) >= 11 is 0. The van der Waals surface area contributed by atoms with Gasteiger partial charge in [0.15, 0.2) is 11.6 Å². The Morgan fingerprint density at radius 2 is 2.05 bits per heavy atom. The van der Waals surface area contributed by atoms with Crippen LogP contribution in [0.2, 0.25) is 0 Å². The van der Waals surface area contributed by atoms with Crippen molar-refractivity contribution in [1.82, 2.24) is 4.98 Å². The highest BCUT2D eigenvalue weighted by Gasteiger charge is 2.19. The van der Waals surface area contributed by atoms with Gasteiger partial charge in [-0.3, -0.25) is 15.1 Å². The van der Waals surface area contributed by atoms with E-state index in [1.807, 2.05) is 6.92 Å². The predicted molar refractivity (Wildman–Crippen MR) is 75.8 cm³/mol. The molecular formula is C15H15FN2O3. The van der Waals surface area contributed by atoms with E-state index < -0.39 is 10.7 Å². The fraction of sp³-hybridized carbons (Fsp3) is 0.267. The molecule has 0 saturated heterocycles. The summed E-state index contributed by atoms with van der Waals surface area (Å²) in [6.07, 6.45) is 1.43. The van der Waals surface area contributed by atoms with Crippen LogP contribution in [0.25, 0.3) is 0 Å². The molecule has 1 heterocycles. The van der Waals surface area contributed by atoms with Crippen molar-refractivity contribution >= 4 is 5.69 Å². The standard InChI is InChI=1S/C15H15FN2O3/c1-9-4-5-12(16)14(6-9)21-8-13-11(3)15(18(19)20)10(2)7-17-13/h4-7H,8H2,1-3H3. The van der Waals surface area contributed by atoms with Crippen molar-refractivity contribution in [3.05, 3.63) is 62.7 Å². The van der Waals surface area contributed by atoms with E-state index in [4.69, 9.17) is 4.74 Å². The van der Waals surface area contributed by atoms with Gasteiger partial charge in [-0.2, -0.15) is 0 Å². The van der Waals surface area contributed by atoms with Gasteiger partial charge in [0.2, 0.25) is 0 Å². The molecule has 0 aliphatic rings. The minimum atomic E-state index is -0.472. The summed E-state index contributed by atoms with van der Waals surface area (Å²) in [5, 5.41) is 11.0. The van der Waals surface area contributed by atoms with Crippen molar-refractivity contribution in [2.75, 3.05) is 0 Å². The fourth-order valence-corrected chi connectivity index (χ4v) is 2.06. The fourth-order valence-electron chi connectivity index (χ4n) is 2.06. The first kappa shape index (κ1) is 14.9. The van der Waals surface area contributed by atoms with Crippen LogP contribution in [0.4, 0.5) is 10.1 Å². The third-order valence-electron chi connectivity index (χ3n) is 3.21. The van der Waals surface area contributed by atoms with Gasteiger partial charge in [0.05, 0.1) is 16.2 Å². The van der Waals surface area contributed by atoms with Gasteiger partial charge in [-0.05, 0) is 38.5 Å². The van der Waals surface area contributed by atoms with Crippen molar-refractivity contribution in [2.45, 2.75) is 27.4 Å². The van der Waals surface area contributed by atoms with Gasteiger partial charge in [-0.25, -0.2) is 4.39 Å². The Bertz CT molecular complexity index is 702. The second kappa shape index (κ2) is 5.87. The van der Waals surface area contributed by atoms with E-state index >= 15 is 0 Å². The lowest BCUT2D eigenvalue weighted by molar-refractivity contribution is -0.386. The molecule has 1 aromatic heterocycles. The summed E-state index contributed by atoms with van der Waals surface area (Å²) in [6, 6.07) is 4.54. The van der Waals surface area contributed by atoms with E-state index in [1.165, 1.54) is 12.3 Å². The van der Waals surface area contributed by atoms with Crippen LogP contribution in [-0.4, -0.2) is 9.91 Å². The third kappa shape index (κ3) is 3.16. The minimum Gasteiger partial charge on any atom is -0.484 e. The summed E-state index contributed by atoms with van der Waals surface area (Å²) in [5.74, 6) is -0.362. The lowest BCUT2D eigenvalue weighted by Crippen LogP contribution is -2.06. The molecule has 21 heavy (non-hydrogen) atoms. The van der Waals surface area contributed by atoms with E-state index in [0.29, 0.717) is 16.8 Å². The number of hydrogen-bond donors (Lipinski definition) is 0. The summed E-state index contributed by atoms with van der Waals surface area (Å²) in [4.78, 5) is 14.7. The average molecular weight is 290 g/mol. The number of benzene rings is 1. The third-order valence-corrected chi connectivity index (χ3v) is 3.21. The molecule has 0 atom stereocenters. The van der Waals surface area contributed by atoms with Gasteiger partial charge in [0, 0.05) is 11.8 Å². The lowest BCUT2D eigenvalue weighted by atomic mass is 10.1. The van der Waals surface area contributed by atoms with Gasteiger partial charge in [-0.1, -0.05) is 6.07 Å². The number of halogens is 1. The topological polar surface area (TPSA) is 65.3 Å². The highest BCUT2D eigenvalue weighted by atomic mass is 19.1. The molecule has 0 amide bonds. The highest BCUT2D eigenvalue weighted by Crippen LogP contribution is 2.25. The van der Waals surface area contributed by atoms with Crippen molar-refractivity contribution in [3.63, 3.8) is 0 Å². The molecule has 0 saturated carbocycles. The molecule has 5 nitrogen and oxygen atoms in total. The van der Waals surface area contributed by atoms with Crippen LogP contribution in [0.15, 0.2) is 24.4 Å². The molecule has 1 aromatic carbocycles. The van der Waals surface area contributed by atoms with Gasteiger partial charge < -0.3 is 4.74 Å². The Morgan fingerprint density at radius 1 is 1.33 bits per heavy atom. The van der Waals surface area contributed by atoms with Crippen molar-refractivity contribution in [2.24, 2.45) is 0 Å². The first-order chi connectivity index (χ1) is 9.90. The molecule has 0 spiro atoms. The van der Waals surface area contributed by atoms with Gasteiger partial charge in [0.1, 0.15) is 6.61 Å². The molecule has 0 aliphatic heterocycles. The summed E-state index contributed by atoms with van der Waals surface area (Å²) in [6.45, 7) is 5.05. The first-order valence-corrected chi connectivity index (χ1v) is 6.38. The molecule has 2 rings (SSSR count). The second-order valence-corrected chi connectivity index (χ2v) is 4.84. The van der Waals surface area contributed by atoms with Crippen LogP contribution >= 0.6 is 0 Å². The number of nitro groups is 1. The van der Waals surface area contributed by atoms with E-state index in [9.17, 15) is 14.5 Å². The molecule has 2 aromatic rings. The lowest BCUT2D eigenvalue weighted by Gasteiger charge is -2.10. The maximum Gasteiger partial charge on any atom is 0.278 e. The molecule has 0 aliphatic carbocycles. The average Bonchev–Trinajstić information content (AvgIpc) is 2.41. The van der Waals surface area contributed by atoms with E-state index in [2.05, 4.69) is 4.98 Å². The van der Waals surface area contributed by atoms with Crippen molar-refractivity contribution in [3.8, 4) is 5.75 Å². The molecular weight excluding hydrogens is 275 g/mol. The second-order valence-electron chi connectivity index (χ2n) is 4.84. The van der Waals surface area contributed by atoms with E-state index in [-0.39, 0.29) is 18.0 Å². The first-order valence-electron chi connectivity index (χ1n) is 6.38. The van der Waals surface area contributed by atoms with Crippen LogP contribution in [-0.2, 0) is 6.61 Å². The number of aryl methyl sites for hydroxylation is 2. The molecule has 0 N–H and O–H groups in total. The highest BCUT2D eigenvalue weighted by molar-refractivity contribution is 5.47. The Balaban J connectivity index is 2.27. The zero-order valence-electron chi connectivity index (χ0n) is 12.0. The number of hydrogen-bond acceptors (Lipinski definition) is 4. The number of nitrogens with zero attached hydrogens (tertiary/aromatic N) is 2. The number of rotatable bonds is 4. The Kier molecular flexibility index (Phi) is 4.16. The van der Waals surface area contributed by atoms with Crippen molar-refractivity contribution < 1.29 is 14.1 Å². The van der Waals surface area contributed by atoms with Crippen LogP contribution in [0, 0.1) is 36.7 Å². The smallest absolute Gasteiger partial charge is 0.278 e. The Hall–Kier alpha value is -2.50. The zero-order valence-corrected chi connectivity index (χ0v) is 12.0. The Labute approximate surface area is 121 Å². The minimum absolute atomic E-state index is 0.0205. The summed E-state index contributed by atoms with van der Waals surface area (Å²) in [7, 11) is 0. The molecule has 0 unspecified atom stereocenters. The van der Waals surface area contributed by atoms with Gasteiger partial charge >= 0.3 is 0 Å². The number of aromatic nitrogens is 1. The summed E-state index contributed by atoms with van der Waals surface area (Å²) in [5.41, 5.74) is 2.24. The quantitative estimate of drug-likeness (QED) is 0.637. The number of pyridine rings is 1. The summed E-state index contributed by atoms with van der Waals surface area (Å²) < 4.78 is 19.0. The van der Waals surface area contributed by atoms with Gasteiger partial charge in [-0.15, -0.1) is 0 Å². The molecule has 0 fully saturated rings. The maximum absolute atomic E-state index is 13.6. The van der Waals surface area contributed by atoms with Crippen LogP contribution < -0.4 is 4.74 Å².